The van der Waals surface area contributed by atoms with Crippen LogP contribution >= 0.6 is 0 Å². The molecule has 1 aromatic carbocycles. The highest BCUT2D eigenvalue weighted by atomic mass is 19.2. The van der Waals surface area contributed by atoms with E-state index in [1.807, 2.05) is 6.92 Å². The summed E-state index contributed by atoms with van der Waals surface area (Å²) in [5.74, 6) is -1.75. The maximum atomic E-state index is 13.6. The predicted octanol–water partition coefficient (Wildman–Crippen LogP) is 1.33. The van der Waals surface area contributed by atoms with Gasteiger partial charge in [-0.25, -0.2) is 8.78 Å². The van der Waals surface area contributed by atoms with E-state index in [0.29, 0.717) is 6.42 Å². The average molecular weight is 244 g/mol. The second-order valence-electron chi connectivity index (χ2n) is 4.01. The van der Waals surface area contributed by atoms with Crippen molar-refractivity contribution in [3.63, 3.8) is 0 Å². The highest BCUT2D eigenvalue weighted by Gasteiger charge is 2.18. The van der Waals surface area contributed by atoms with E-state index in [1.54, 1.807) is 0 Å². The van der Waals surface area contributed by atoms with E-state index < -0.39 is 17.7 Å². The molecule has 1 rings (SSSR count). The van der Waals surface area contributed by atoms with Crippen LogP contribution in [0.4, 0.5) is 8.78 Å². The van der Waals surface area contributed by atoms with Gasteiger partial charge in [0.1, 0.15) is 0 Å². The van der Waals surface area contributed by atoms with Crippen LogP contribution in [0.1, 0.15) is 24.9 Å². The van der Waals surface area contributed by atoms with Gasteiger partial charge in [-0.1, -0.05) is 12.1 Å². The number of halogens is 2. The van der Waals surface area contributed by atoms with Gasteiger partial charge >= 0.3 is 0 Å². The van der Waals surface area contributed by atoms with E-state index in [0.717, 1.165) is 6.07 Å². The Balaban J connectivity index is 2.82. The summed E-state index contributed by atoms with van der Waals surface area (Å²) >= 11 is 0. The first-order chi connectivity index (χ1) is 8.10. The topological polar surface area (TPSA) is 58.3 Å². The monoisotopic (exact) mass is 244 g/mol. The Bertz CT molecular complexity index is 360. The van der Waals surface area contributed by atoms with E-state index >= 15 is 0 Å². The maximum absolute atomic E-state index is 13.6. The summed E-state index contributed by atoms with van der Waals surface area (Å²) in [7, 11) is 0. The summed E-state index contributed by atoms with van der Waals surface area (Å²) < 4.78 is 26.6. The number of rotatable bonds is 6. The van der Waals surface area contributed by atoms with Gasteiger partial charge in [0.2, 0.25) is 0 Å². The number of benzene rings is 1. The van der Waals surface area contributed by atoms with Gasteiger partial charge in [-0.15, -0.1) is 0 Å². The molecule has 0 aromatic heterocycles. The highest BCUT2D eigenvalue weighted by Crippen LogP contribution is 2.19. The number of nitrogens with one attached hydrogen (secondary N) is 1. The van der Waals surface area contributed by atoms with Crippen molar-refractivity contribution in [3.05, 3.63) is 35.4 Å². The molecule has 0 amide bonds. The van der Waals surface area contributed by atoms with Crippen LogP contribution in [0.5, 0.6) is 0 Å². The number of hydrogen-bond acceptors (Lipinski definition) is 3. The fraction of sp³-hybridized carbons (Fsp3) is 0.500. The lowest BCUT2D eigenvalue weighted by atomic mass is 10.0. The van der Waals surface area contributed by atoms with Gasteiger partial charge in [-0.2, -0.15) is 0 Å². The molecule has 96 valence electrons. The molecule has 4 N–H and O–H groups in total. The Morgan fingerprint density at radius 2 is 2.12 bits per heavy atom. The summed E-state index contributed by atoms with van der Waals surface area (Å²) in [4.78, 5) is 0. The zero-order valence-electron chi connectivity index (χ0n) is 9.79. The Morgan fingerprint density at radius 3 is 2.71 bits per heavy atom. The van der Waals surface area contributed by atoms with E-state index in [2.05, 4.69) is 5.32 Å². The molecule has 1 aromatic rings. The van der Waals surface area contributed by atoms with Gasteiger partial charge in [-0.05, 0) is 19.4 Å². The normalized spacial score (nSPS) is 14.6. The van der Waals surface area contributed by atoms with Crippen LogP contribution < -0.4 is 11.1 Å². The molecule has 0 saturated heterocycles. The van der Waals surface area contributed by atoms with Gasteiger partial charge in [0, 0.05) is 30.8 Å². The second kappa shape index (κ2) is 6.64. The third-order valence-electron chi connectivity index (χ3n) is 2.64. The van der Waals surface area contributed by atoms with Gasteiger partial charge in [0.05, 0.1) is 0 Å². The maximum Gasteiger partial charge on any atom is 0.163 e. The number of nitrogens with two attached hydrogens (primary N) is 1. The van der Waals surface area contributed by atoms with Gasteiger partial charge < -0.3 is 16.2 Å². The van der Waals surface area contributed by atoms with Crippen molar-refractivity contribution in [1.29, 1.82) is 0 Å². The molecule has 0 bridgehead atoms. The van der Waals surface area contributed by atoms with Crippen molar-refractivity contribution in [2.45, 2.75) is 25.4 Å². The fourth-order valence-corrected chi connectivity index (χ4v) is 1.69. The van der Waals surface area contributed by atoms with Crippen LogP contribution in [0.2, 0.25) is 0 Å². The molecule has 0 fully saturated rings. The first kappa shape index (κ1) is 14.0. The first-order valence-electron chi connectivity index (χ1n) is 5.61. The van der Waals surface area contributed by atoms with Crippen LogP contribution in [0.15, 0.2) is 18.2 Å². The Morgan fingerprint density at radius 1 is 1.41 bits per heavy atom. The summed E-state index contributed by atoms with van der Waals surface area (Å²) in [6.07, 6.45) is 0.535. The lowest BCUT2D eigenvalue weighted by molar-refractivity contribution is 0.263. The molecule has 3 nitrogen and oxygen atoms in total. The quantitative estimate of drug-likeness (QED) is 0.707. The molecule has 2 atom stereocenters. The van der Waals surface area contributed by atoms with Crippen LogP contribution in [0.3, 0.4) is 0 Å². The minimum atomic E-state index is -0.877. The van der Waals surface area contributed by atoms with E-state index in [1.165, 1.54) is 12.1 Å². The molecule has 0 saturated carbocycles. The van der Waals surface area contributed by atoms with Crippen molar-refractivity contribution in [1.82, 2.24) is 5.32 Å². The standard InChI is InChI=1S/C12H18F2N2O/c1-8(5-6-17)16-11(7-15)9-3-2-4-10(13)12(9)14/h2-4,8,11,16-17H,5-7,15H2,1H3. The molecular weight excluding hydrogens is 226 g/mol. The van der Waals surface area contributed by atoms with Crippen molar-refractivity contribution in [2.24, 2.45) is 5.73 Å². The minimum absolute atomic E-state index is 0.0174. The molecule has 0 aliphatic carbocycles. The molecule has 0 radical (unpaired) electrons. The summed E-state index contributed by atoms with van der Waals surface area (Å²) in [6.45, 7) is 2.06. The summed E-state index contributed by atoms with van der Waals surface area (Å²) in [5.41, 5.74) is 5.77. The van der Waals surface area contributed by atoms with Crippen molar-refractivity contribution < 1.29 is 13.9 Å². The Hall–Kier alpha value is -1.04. The van der Waals surface area contributed by atoms with Crippen LogP contribution in [0.25, 0.3) is 0 Å². The van der Waals surface area contributed by atoms with Crippen molar-refractivity contribution in [3.8, 4) is 0 Å². The van der Waals surface area contributed by atoms with Crippen LogP contribution in [0, 0.1) is 11.6 Å². The van der Waals surface area contributed by atoms with Crippen LogP contribution in [-0.4, -0.2) is 24.3 Å². The number of aliphatic hydroxyl groups is 1. The molecule has 5 heteroatoms. The van der Waals surface area contributed by atoms with Crippen molar-refractivity contribution >= 4 is 0 Å². The van der Waals surface area contributed by atoms with Gasteiger partial charge in [0.25, 0.3) is 0 Å². The smallest absolute Gasteiger partial charge is 0.163 e. The van der Waals surface area contributed by atoms with E-state index in [9.17, 15) is 8.78 Å². The van der Waals surface area contributed by atoms with Gasteiger partial charge in [0.15, 0.2) is 11.6 Å². The molecule has 0 aliphatic heterocycles. The third kappa shape index (κ3) is 3.73. The Labute approximate surface area is 99.6 Å². The number of aliphatic hydroxyl groups excluding tert-OH is 1. The van der Waals surface area contributed by atoms with Gasteiger partial charge in [-0.3, -0.25) is 0 Å². The summed E-state index contributed by atoms with van der Waals surface area (Å²) in [6, 6.07) is 3.57. The predicted molar refractivity (Wildman–Crippen MR) is 62.5 cm³/mol. The van der Waals surface area contributed by atoms with E-state index in [-0.39, 0.29) is 24.8 Å². The lowest BCUT2D eigenvalue weighted by Gasteiger charge is -2.22. The largest absolute Gasteiger partial charge is 0.396 e. The summed E-state index contributed by atoms with van der Waals surface area (Å²) in [5, 5.41) is 11.8. The number of hydrogen-bond donors (Lipinski definition) is 3. The molecule has 17 heavy (non-hydrogen) atoms. The third-order valence-corrected chi connectivity index (χ3v) is 2.64. The second-order valence-corrected chi connectivity index (χ2v) is 4.01. The fourth-order valence-electron chi connectivity index (χ4n) is 1.69. The van der Waals surface area contributed by atoms with E-state index in [4.69, 9.17) is 10.8 Å². The highest BCUT2D eigenvalue weighted by molar-refractivity contribution is 5.23. The lowest BCUT2D eigenvalue weighted by Crippen LogP contribution is -2.36. The average Bonchev–Trinajstić information content (AvgIpc) is 2.30. The zero-order valence-corrected chi connectivity index (χ0v) is 9.79. The molecular formula is C12H18F2N2O. The molecule has 0 heterocycles. The molecule has 0 aliphatic rings. The van der Waals surface area contributed by atoms with Crippen LogP contribution in [-0.2, 0) is 0 Å². The SMILES string of the molecule is CC(CCO)NC(CN)c1cccc(F)c1F. The van der Waals surface area contributed by atoms with Crippen molar-refractivity contribution in [2.75, 3.05) is 13.2 Å². The first-order valence-corrected chi connectivity index (χ1v) is 5.61. The molecule has 0 spiro atoms. The Kier molecular flexibility index (Phi) is 5.47. The zero-order chi connectivity index (χ0) is 12.8. The molecule has 2 unspecified atom stereocenters. The minimum Gasteiger partial charge on any atom is -0.396 e.